The second-order valence-corrected chi connectivity index (χ2v) is 8.66. The molecule has 2 fully saturated rings. The second kappa shape index (κ2) is 7.84. The molecular weight excluding hydrogens is 356 g/mol. The largest absolute Gasteiger partial charge is 0.497 e. The standard InChI is InChI=1S/C18H26N2O5S/c1-24-15-7-8-16(25-2)17(12-15)26(22,23)20-11-5-6-14(13-20)18(21)19-9-3-4-10-19/h7-8,12,14H,3-6,9-11,13H2,1-2H3/t14-/m1/s1. The van der Waals surface area contributed by atoms with E-state index in [0.717, 1.165) is 32.4 Å². The zero-order valence-electron chi connectivity index (χ0n) is 15.3. The van der Waals surface area contributed by atoms with Crippen LogP contribution < -0.4 is 9.47 Å². The number of methoxy groups -OCH3 is 2. The molecule has 0 spiro atoms. The molecule has 0 aromatic heterocycles. The molecule has 3 rings (SSSR count). The zero-order chi connectivity index (χ0) is 18.7. The van der Waals surface area contributed by atoms with Crippen LogP contribution in [0, 0.1) is 5.92 Å². The van der Waals surface area contributed by atoms with Gasteiger partial charge in [-0.25, -0.2) is 8.42 Å². The van der Waals surface area contributed by atoms with E-state index in [-0.39, 0.29) is 29.0 Å². The van der Waals surface area contributed by atoms with Crippen LogP contribution in [0.2, 0.25) is 0 Å². The highest BCUT2D eigenvalue weighted by atomic mass is 32.2. The lowest BCUT2D eigenvalue weighted by atomic mass is 9.98. The van der Waals surface area contributed by atoms with Crippen molar-refractivity contribution in [1.82, 2.24) is 9.21 Å². The van der Waals surface area contributed by atoms with Crippen molar-refractivity contribution in [1.29, 1.82) is 0 Å². The van der Waals surface area contributed by atoms with E-state index in [1.807, 2.05) is 4.90 Å². The average molecular weight is 382 g/mol. The first-order valence-electron chi connectivity index (χ1n) is 8.98. The fourth-order valence-corrected chi connectivity index (χ4v) is 5.38. The van der Waals surface area contributed by atoms with Crippen LogP contribution in [-0.4, -0.2) is 63.9 Å². The fourth-order valence-electron chi connectivity index (χ4n) is 3.68. The number of carbonyl (C=O) groups excluding carboxylic acids is 1. The first kappa shape index (κ1) is 19.0. The highest BCUT2D eigenvalue weighted by molar-refractivity contribution is 7.89. The van der Waals surface area contributed by atoms with Gasteiger partial charge in [0.25, 0.3) is 0 Å². The van der Waals surface area contributed by atoms with E-state index in [4.69, 9.17) is 9.47 Å². The lowest BCUT2D eigenvalue weighted by Gasteiger charge is -2.33. The topological polar surface area (TPSA) is 76.1 Å². The molecule has 7 nitrogen and oxygen atoms in total. The second-order valence-electron chi connectivity index (χ2n) is 6.75. The van der Waals surface area contributed by atoms with Crippen molar-refractivity contribution in [3.63, 3.8) is 0 Å². The molecule has 0 saturated carbocycles. The number of piperidine rings is 1. The summed E-state index contributed by atoms with van der Waals surface area (Å²) in [6.07, 6.45) is 3.47. The van der Waals surface area contributed by atoms with Gasteiger partial charge in [-0.05, 0) is 37.8 Å². The van der Waals surface area contributed by atoms with Gasteiger partial charge in [0.15, 0.2) is 0 Å². The minimum absolute atomic E-state index is 0.0774. The molecule has 1 aromatic rings. The molecule has 2 aliphatic rings. The fraction of sp³-hybridized carbons (Fsp3) is 0.611. The Balaban J connectivity index is 1.84. The minimum Gasteiger partial charge on any atom is -0.497 e. The van der Waals surface area contributed by atoms with Gasteiger partial charge in [0, 0.05) is 32.2 Å². The highest BCUT2D eigenvalue weighted by Crippen LogP contribution is 2.33. The number of nitrogens with zero attached hydrogens (tertiary/aromatic N) is 2. The van der Waals surface area contributed by atoms with Crippen molar-refractivity contribution >= 4 is 15.9 Å². The van der Waals surface area contributed by atoms with Crippen LogP contribution in [0.5, 0.6) is 11.5 Å². The molecule has 0 radical (unpaired) electrons. The molecule has 1 aromatic carbocycles. The van der Waals surface area contributed by atoms with E-state index in [1.54, 1.807) is 12.1 Å². The van der Waals surface area contributed by atoms with E-state index in [1.165, 1.54) is 24.6 Å². The maximum absolute atomic E-state index is 13.2. The van der Waals surface area contributed by atoms with Crippen molar-refractivity contribution < 1.29 is 22.7 Å². The monoisotopic (exact) mass is 382 g/mol. The van der Waals surface area contributed by atoms with Crippen LogP contribution >= 0.6 is 0 Å². The molecule has 0 bridgehead atoms. The smallest absolute Gasteiger partial charge is 0.246 e. The van der Waals surface area contributed by atoms with Crippen LogP contribution in [0.4, 0.5) is 0 Å². The molecule has 1 atom stereocenters. The van der Waals surface area contributed by atoms with Crippen LogP contribution in [0.3, 0.4) is 0 Å². The summed E-state index contributed by atoms with van der Waals surface area (Å²) in [6, 6.07) is 4.72. The van der Waals surface area contributed by atoms with E-state index in [2.05, 4.69) is 0 Å². The first-order chi connectivity index (χ1) is 12.5. The first-order valence-corrected chi connectivity index (χ1v) is 10.4. The minimum atomic E-state index is -3.77. The van der Waals surface area contributed by atoms with Gasteiger partial charge < -0.3 is 14.4 Å². The van der Waals surface area contributed by atoms with Gasteiger partial charge in [-0.2, -0.15) is 4.31 Å². The van der Waals surface area contributed by atoms with Crippen LogP contribution in [0.1, 0.15) is 25.7 Å². The maximum Gasteiger partial charge on any atom is 0.246 e. The number of hydrogen-bond acceptors (Lipinski definition) is 5. The molecule has 0 unspecified atom stereocenters. The molecule has 2 aliphatic heterocycles. The molecule has 2 heterocycles. The van der Waals surface area contributed by atoms with Crippen molar-refractivity contribution in [3.8, 4) is 11.5 Å². The van der Waals surface area contributed by atoms with Gasteiger partial charge in [0.05, 0.1) is 20.1 Å². The number of hydrogen-bond donors (Lipinski definition) is 0. The number of rotatable bonds is 5. The summed E-state index contributed by atoms with van der Waals surface area (Å²) >= 11 is 0. The Morgan fingerprint density at radius 1 is 1.08 bits per heavy atom. The summed E-state index contributed by atoms with van der Waals surface area (Å²) in [7, 11) is -0.839. The predicted molar refractivity (Wildman–Crippen MR) is 96.8 cm³/mol. The molecule has 2 saturated heterocycles. The Bertz CT molecular complexity index is 759. The number of sulfonamides is 1. The molecule has 1 amide bonds. The van der Waals surface area contributed by atoms with Gasteiger partial charge in [-0.1, -0.05) is 0 Å². The Morgan fingerprint density at radius 3 is 2.46 bits per heavy atom. The third-order valence-corrected chi connectivity index (χ3v) is 7.03. The predicted octanol–water partition coefficient (Wildman–Crippen LogP) is 1.73. The van der Waals surface area contributed by atoms with Crippen LogP contribution in [0.15, 0.2) is 23.1 Å². The van der Waals surface area contributed by atoms with Gasteiger partial charge in [-0.3, -0.25) is 4.79 Å². The number of likely N-dealkylation sites (tertiary alicyclic amines) is 1. The molecule has 26 heavy (non-hydrogen) atoms. The van der Waals surface area contributed by atoms with Crippen LogP contribution in [0.25, 0.3) is 0 Å². The lowest BCUT2D eigenvalue weighted by Crippen LogP contribution is -2.46. The zero-order valence-corrected chi connectivity index (χ0v) is 16.1. The number of benzene rings is 1. The molecule has 144 valence electrons. The van der Waals surface area contributed by atoms with E-state index in [9.17, 15) is 13.2 Å². The summed E-state index contributed by atoms with van der Waals surface area (Å²) in [5.74, 6) is 0.540. The van der Waals surface area contributed by atoms with Crippen molar-refractivity contribution in [2.75, 3.05) is 40.4 Å². The average Bonchev–Trinajstić information content (AvgIpc) is 3.21. The molecule has 0 N–H and O–H groups in total. The third-order valence-electron chi connectivity index (χ3n) is 5.14. The lowest BCUT2D eigenvalue weighted by molar-refractivity contribution is -0.135. The van der Waals surface area contributed by atoms with Crippen molar-refractivity contribution in [3.05, 3.63) is 18.2 Å². The molecule has 0 aliphatic carbocycles. The summed E-state index contributed by atoms with van der Waals surface area (Å²) in [4.78, 5) is 14.6. The van der Waals surface area contributed by atoms with Gasteiger partial charge in [-0.15, -0.1) is 0 Å². The van der Waals surface area contributed by atoms with Gasteiger partial charge >= 0.3 is 0 Å². The number of amides is 1. The maximum atomic E-state index is 13.2. The summed E-state index contributed by atoms with van der Waals surface area (Å²) < 4.78 is 38.2. The normalized spacial score (nSPS) is 21.6. The van der Waals surface area contributed by atoms with Crippen molar-refractivity contribution in [2.45, 2.75) is 30.6 Å². The Labute approximate surface area is 154 Å². The van der Waals surface area contributed by atoms with E-state index >= 15 is 0 Å². The Hall–Kier alpha value is -1.80. The SMILES string of the molecule is COc1ccc(OC)c(S(=O)(=O)N2CCC[C@@H](C(=O)N3CCCC3)C2)c1. The Morgan fingerprint density at radius 2 is 1.81 bits per heavy atom. The van der Waals surface area contributed by atoms with E-state index in [0.29, 0.717) is 18.7 Å². The third kappa shape index (κ3) is 3.66. The highest BCUT2D eigenvalue weighted by Gasteiger charge is 2.36. The van der Waals surface area contributed by atoms with Gasteiger partial charge in [0.1, 0.15) is 16.4 Å². The summed E-state index contributed by atoms with van der Waals surface area (Å²) in [6.45, 7) is 2.20. The molecular formula is C18H26N2O5S. The number of carbonyl (C=O) groups is 1. The quantitative estimate of drug-likeness (QED) is 0.775. The van der Waals surface area contributed by atoms with Crippen molar-refractivity contribution in [2.24, 2.45) is 5.92 Å². The van der Waals surface area contributed by atoms with Gasteiger partial charge in [0.2, 0.25) is 15.9 Å². The van der Waals surface area contributed by atoms with Crippen LogP contribution in [-0.2, 0) is 14.8 Å². The summed E-state index contributed by atoms with van der Waals surface area (Å²) in [5, 5.41) is 0. The van der Waals surface area contributed by atoms with E-state index < -0.39 is 10.0 Å². The number of ether oxygens (including phenoxy) is 2. The Kier molecular flexibility index (Phi) is 5.72. The summed E-state index contributed by atoms with van der Waals surface area (Å²) in [5.41, 5.74) is 0. The molecule has 8 heteroatoms.